The average Bonchev–Trinajstić information content (AvgIpc) is 2.24. The molecule has 2 amide bonds. The Morgan fingerprint density at radius 1 is 1.25 bits per heavy atom. The van der Waals surface area contributed by atoms with Crippen molar-refractivity contribution in [1.82, 2.24) is 5.32 Å². The lowest BCUT2D eigenvalue weighted by Gasteiger charge is -2.26. The second-order valence-corrected chi connectivity index (χ2v) is 5.69. The van der Waals surface area contributed by atoms with Crippen molar-refractivity contribution in [3.63, 3.8) is 0 Å². The summed E-state index contributed by atoms with van der Waals surface area (Å²) >= 11 is 0. The van der Waals surface area contributed by atoms with Gasteiger partial charge in [-0.25, -0.2) is 9.59 Å². The van der Waals surface area contributed by atoms with Gasteiger partial charge in [-0.1, -0.05) is 0 Å². The third-order valence-corrected chi connectivity index (χ3v) is 2.51. The number of carbonyl (C=O) groups is 2. The zero-order valence-electron chi connectivity index (χ0n) is 12.8. The van der Waals surface area contributed by atoms with Crippen LogP contribution in [0.1, 0.15) is 47.0 Å². The van der Waals surface area contributed by atoms with E-state index in [0.717, 1.165) is 12.8 Å². The van der Waals surface area contributed by atoms with Crippen molar-refractivity contribution < 1.29 is 19.1 Å². The summed E-state index contributed by atoms with van der Waals surface area (Å²) in [6.45, 7) is 7.62. The fourth-order valence-electron chi connectivity index (χ4n) is 1.64. The first-order chi connectivity index (χ1) is 9.15. The highest BCUT2D eigenvalue weighted by Crippen LogP contribution is 2.11. The van der Waals surface area contributed by atoms with Gasteiger partial charge in [0.2, 0.25) is 0 Å². The van der Waals surface area contributed by atoms with Crippen LogP contribution in [0.3, 0.4) is 0 Å². The Hall–Kier alpha value is -1.50. The van der Waals surface area contributed by atoms with Crippen molar-refractivity contribution >= 4 is 12.2 Å². The van der Waals surface area contributed by atoms with Gasteiger partial charge in [0.1, 0.15) is 11.7 Å². The topological polar surface area (TPSA) is 117 Å². The molecule has 0 heterocycles. The van der Waals surface area contributed by atoms with Crippen LogP contribution in [-0.4, -0.2) is 36.5 Å². The van der Waals surface area contributed by atoms with Crippen molar-refractivity contribution in [1.29, 1.82) is 0 Å². The Labute approximate surface area is 120 Å². The predicted molar refractivity (Wildman–Crippen MR) is 76.2 cm³/mol. The van der Waals surface area contributed by atoms with Crippen LogP contribution in [0.4, 0.5) is 9.59 Å². The van der Waals surface area contributed by atoms with Gasteiger partial charge in [-0.05, 0) is 53.5 Å². The van der Waals surface area contributed by atoms with Crippen LogP contribution in [0.5, 0.6) is 0 Å². The number of ether oxygens (including phenoxy) is 2. The van der Waals surface area contributed by atoms with E-state index in [1.54, 1.807) is 27.7 Å². The van der Waals surface area contributed by atoms with Crippen LogP contribution in [-0.2, 0) is 9.47 Å². The maximum atomic E-state index is 11.7. The molecule has 0 spiro atoms. The number of carbonyl (C=O) groups excluding carboxylic acids is 2. The van der Waals surface area contributed by atoms with E-state index in [-0.39, 0.29) is 0 Å². The van der Waals surface area contributed by atoms with E-state index in [9.17, 15) is 9.59 Å². The number of primary amides is 1. The van der Waals surface area contributed by atoms with Crippen molar-refractivity contribution in [2.45, 2.75) is 64.7 Å². The minimum absolute atomic E-state index is 0.393. The lowest BCUT2D eigenvalue weighted by atomic mass is 10.1. The second-order valence-electron chi connectivity index (χ2n) is 5.69. The van der Waals surface area contributed by atoms with Gasteiger partial charge in [0.15, 0.2) is 0 Å². The fraction of sp³-hybridized carbons (Fsp3) is 0.846. The van der Waals surface area contributed by atoms with Crippen LogP contribution in [0.15, 0.2) is 0 Å². The Kier molecular flexibility index (Phi) is 7.98. The molecule has 0 fully saturated rings. The molecule has 0 aliphatic rings. The highest BCUT2D eigenvalue weighted by atomic mass is 16.6. The summed E-state index contributed by atoms with van der Waals surface area (Å²) < 4.78 is 10.2. The van der Waals surface area contributed by atoms with Gasteiger partial charge >= 0.3 is 12.2 Å². The summed E-state index contributed by atoms with van der Waals surface area (Å²) in [7, 11) is 0. The summed E-state index contributed by atoms with van der Waals surface area (Å²) in [6, 6.07) is -0.393. The number of nitrogens with one attached hydrogen (secondary N) is 1. The second kappa shape index (κ2) is 8.63. The number of hydrogen-bond donors (Lipinski definition) is 3. The highest BCUT2D eigenvalue weighted by molar-refractivity contribution is 5.68. The molecule has 0 aromatic heterocycles. The fourth-order valence-corrected chi connectivity index (χ4v) is 1.64. The molecule has 0 aliphatic heterocycles. The van der Waals surface area contributed by atoms with Gasteiger partial charge in [0, 0.05) is 0 Å². The van der Waals surface area contributed by atoms with Gasteiger partial charge in [-0.2, -0.15) is 0 Å². The first-order valence-corrected chi connectivity index (χ1v) is 6.81. The van der Waals surface area contributed by atoms with Gasteiger partial charge in [-0.15, -0.1) is 0 Å². The van der Waals surface area contributed by atoms with Crippen LogP contribution < -0.4 is 16.8 Å². The molecule has 0 radical (unpaired) electrons. The third-order valence-electron chi connectivity index (χ3n) is 2.51. The van der Waals surface area contributed by atoms with E-state index >= 15 is 0 Å². The summed E-state index contributed by atoms with van der Waals surface area (Å²) in [5.74, 6) is 0. The highest BCUT2D eigenvalue weighted by Gasteiger charge is 2.24. The largest absolute Gasteiger partial charge is 0.444 e. The molecular formula is C13H27N3O4. The third kappa shape index (κ3) is 9.43. The molecule has 0 saturated carbocycles. The predicted octanol–water partition coefficient (Wildman–Crippen LogP) is 1.49. The van der Waals surface area contributed by atoms with Gasteiger partial charge in [0.25, 0.3) is 0 Å². The summed E-state index contributed by atoms with van der Waals surface area (Å²) in [4.78, 5) is 22.6. The first-order valence-electron chi connectivity index (χ1n) is 6.81. The van der Waals surface area contributed by atoms with Gasteiger partial charge in [-0.3, -0.25) is 0 Å². The monoisotopic (exact) mass is 289 g/mol. The number of nitrogens with two attached hydrogens (primary N) is 2. The Morgan fingerprint density at radius 2 is 1.85 bits per heavy atom. The van der Waals surface area contributed by atoms with E-state index < -0.39 is 29.9 Å². The molecule has 0 aliphatic carbocycles. The zero-order valence-corrected chi connectivity index (χ0v) is 12.8. The van der Waals surface area contributed by atoms with Crippen molar-refractivity contribution in [2.75, 3.05) is 6.54 Å². The molecule has 0 rings (SSSR count). The number of alkyl carbamates (subject to hydrolysis) is 1. The lowest BCUT2D eigenvalue weighted by Crippen LogP contribution is -2.45. The minimum Gasteiger partial charge on any atom is -0.444 e. The van der Waals surface area contributed by atoms with Crippen molar-refractivity contribution in [2.24, 2.45) is 11.5 Å². The molecule has 0 aromatic rings. The Balaban J connectivity index is 4.41. The number of hydrogen-bond acceptors (Lipinski definition) is 5. The minimum atomic E-state index is -0.861. The molecule has 0 aromatic carbocycles. The van der Waals surface area contributed by atoms with E-state index in [0.29, 0.717) is 13.0 Å². The summed E-state index contributed by atoms with van der Waals surface area (Å²) in [6.07, 6.45) is 0.276. The SMILES string of the molecule is CC(NC(=O)OC(C)(C)C)C(CCCCN)OC(N)=O. The number of rotatable bonds is 7. The average molecular weight is 289 g/mol. The van der Waals surface area contributed by atoms with Crippen molar-refractivity contribution in [3.05, 3.63) is 0 Å². The lowest BCUT2D eigenvalue weighted by molar-refractivity contribution is 0.0384. The first kappa shape index (κ1) is 18.5. The normalized spacial score (nSPS) is 14.2. The van der Waals surface area contributed by atoms with Crippen LogP contribution >= 0.6 is 0 Å². The van der Waals surface area contributed by atoms with Gasteiger partial charge < -0.3 is 26.3 Å². The maximum absolute atomic E-state index is 11.7. The molecule has 5 N–H and O–H groups in total. The molecule has 0 saturated heterocycles. The van der Waals surface area contributed by atoms with Crippen LogP contribution in [0, 0.1) is 0 Å². The molecule has 2 atom stereocenters. The molecule has 2 unspecified atom stereocenters. The molecule has 7 heteroatoms. The van der Waals surface area contributed by atoms with Crippen molar-refractivity contribution in [3.8, 4) is 0 Å². The summed E-state index contributed by atoms with van der Waals surface area (Å²) in [5.41, 5.74) is 9.88. The smallest absolute Gasteiger partial charge is 0.407 e. The molecule has 7 nitrogen and oxygen atoms in total. The molecule has 118 valence electrons. The zero-order chi connectivity index (χ0) is 15.8. The van der Waals surface area contributed by atoms with E-state index in [1.165, 1.54) is 0 Å². The summed E-state index contributed by atoms with van der Waals surface area (Å²) in [5, 5.41) is 2.64. The van der Waals surface area contributed by atoms with E-state index in [1.807, 2.05) is 0 Å². The molecular weight excluding hydrogens is 262 g/mol. The van der Waals surface area contributed by atoms with E-state index in [2.05, 4.69) is 5.32 Å². The van der Waals surface area contributed by atoms with Crippen LogP contribution in [0.2, 0.25) is 0 Å². The number of amides is 2. The number of unbranched alkanes of at least 4 members (excludes halogenated alkanes) is 1. The maximum Gasteiger partial charge on any atom is 0.407 e. The Morgan fingerprint density at radius 3 is 2.30 bits per heavy atom. The van der Waals surface area contributed by atoms with E-state index in [4.69, 9.17) is 20.9 Å². The van der Waals surface area contributed by atoms with Crippen LogP contribution in [0.25, 0.3) is 0 Å². The Bertz CT molecular complexity index is 315. The molecule has 0 bridgehead atoms. The standard InChI is InChI=1S/C13H27N3O4/c1-9(16-12(18)20-13(2,3)4)10(19-11(15)17)7-5-6-8-14/h9-10H,5-8,14H2,1-4H3,(H2,15,17)(H,16,18). The molecule has 20 heavy (non-hydrogen) atoms. The van der Waals surface area contributed by atoms with Gasteiger partial charge in [0.05, 0.1) is 6.04 Å². The quantitative estimate of drug-likeness (QED) is 0.614.